The van der Waals surface area contributed by atoms with Crippen LogP contribution in [0, 0.1) is 0 Å². The highest BCUT2D eigenvalue weighted by Crippen LogP contribution is 2.33. The first-order chi connectivity index (χ1) is 22.8. The van der Waals surface area contributed by atoms with Gasteiger partial charge in [-0.05, 0) is 67.3 Å². The largest absolute Gasteiger partial charge is 0.492 e. The molecule has 4 aromatic rings. The van der Waals surface area contributed by atoms with Crippen LogP contribution in [0.1, 0.15) is 43.7 Å². The third-order valence-electron chi connectivity index (χ3n) is 8.28. The number of benzene rings is 4. The van der Waals surface area contributed by atoms with Gasteiger partial charge in [0, 0.05) is 23.5 Å². The zero-order valence-corrected chi connectivity index (χ0v) is 28.8. The molecule has 0 aromatic heterocycles. The number of nitrogens with zero attached hydrogens (tertiary/aromatic N) is 2. The van der Waals surface area contributed by atoms with E-state index in [-0.39, 0.29) is 35.5 Å². The molecule has 1 saturated carbocycles. The summed E-state index contributed by atoms with van der Waals surface area (Å²) in [7, 11) is -4.23. The maximum atomic E-state index is 14.7. The predicted molar refractivity (Wildman–Crippen MR) is 188 cm³/mol. The van der Waals surface area contributed by atoms with Crippen LogP contribution in [0.2, 0.25) is 0 Å². The van der Waals surface area contributed by atoms with Gasteiger partial charge in [-0.2, -0.15) is 0 Å². The Bertz CT molecular complexity index is 1730. The molecule has 246 valence electrons. The number of ether oxygens (including phenoxy) is 1. The lowest BCUT2D eigenvalue weighted by atomic mass is 10.0. The third kappa shape index (κ3) is 8.81. The number of carbonyl (C=O) groups excluding carboxylic acids is 2. The number of anilines is 1. The van der Waals surface area contributed by atoms with Crippen molar-refractivity contribution >= 4 is 43.5 Å². The Hall–Kier alpha value is -4.15. The van der Waals surface area contributed by atoms with Crippen molar-refractivity contribution in [1.29, 1.82) is 0 Å². The number of carbonyl (C=O) groups is 2. The molecule has 1 atom stereocenters. The first kappa shape index (κ1) is 34.2. The monoisotopic (exact) mass is 717 g/mol. The van der Waals surface area contributed by atoms with E-state index in [9.17, 15) is 18.0 Å². The molecule has 4 aromatic carbocycles. The lowest BCUT2D eigenvalue weighted by molar-refractivity contribution is -0.140. The minimum absolute atomic E-state index is 0.0402. The molecule has 1 aliphatic rings. The van der Waals surface area contributed by atoms with Crippen LogP contribution in [-0.2, 0) is 32.6 Å². The van der Waals surface area contributed by atoms with Crippen molar-refractivity contribution in [2.75, 3.05) is 17.5 Å². The van der Waals surface area contributed by atoms with Gasteiger partial charge in [0.1, 0.15) is 18.3 Å². The molecule has 0 spiro atoms. The summed E-state index contributed by atoms with van der Waals surface area (Å²) in [4.78, 5) is 30.4. The quantitative estimate of drug-likeness (QED) is 0.156. The van der Waals surface area contributed by atoms with E-state index in [2.05, 4.69) is 21.2 Å². The van der Waals surface area contributed by atoms with Crippen LogP contribution < -0.4 is 14.4 Å². The summed E-state index contributed by atoms with van der Waals surface area (Å²) in [5.74, 6) is -0.429. The molecule has 0 unspecified atom stereocenters. The van der Waals surface area contributed by atoms with E-state index in [4.69, 9.17) is 4.74 Å². The van der Waals surface area contributed by atoms with Gasteiger partial charge < -0.3 is 15.0 Å². The van der Waals surface area contributed by atoms with Gasteiger partial charge >= 0.3 is 0 Å². The van der Waals surface area contributed by atoms with Crippen molar-refractivity contribution in [2.24, 2.45) is 0 Å². The Morgan fingerprint density at radius 1 is 0.851 bits per heavy atom. The molecule has 1 fully saturated rings. The molecular formula is C37H40BrN3O5S. The summed E-state index contributed by atoms with van der Waals surface area (Å²) >= 11 is 3.48. The maximum Gasteiger partial charge on any atom is 0.264 e. The van der Waals surface area contributed by atoms with Crippen LogP contribution in [0.25, 0.3) is 0 Å². The highest BCUT2D eigenvalue weighted by atomic mass is 79.9. The molecule has 2 amide bonds. The van der Waals surface area contributed by atoms with E-state index in [0.29, 0.717) is 12.4 Å². The minimum atomic E-state index is -4.23. The number of halogens is 1. The Morgan fingerprint density at radius 3 is 2.13 bits per heavy atom. The van der Waals surface area contributed by atoms with Crippen LogP contribution in [-0.4, -0.2) is 50.4 Å². The Labute approximate surface area is 285 Å². The average Bonchev–Trinajstić information content (AvgIpc) is 3.60. The van der Waals surface area contributed by atoms with Crippen LogP contribution >= 0.6 is 15.9 Å². The number of amides is 2. The summed E-state index contributed by atoms with van der Waals surface area (Å²) in [5, 5.41) is 3.20. The topological polar surface area (TPSA) is 96.0 Å². The van der Waals surface area contributed by atoms with E-state index < -0.39 is 28.5 Å². The lowest BCUT2D eigenvalue weighted by Gasteiger charge is -2.34. The number of hydrogen-bond acceptors (Lipinski definition) is 5. The van der Waals surface area contributed by atoms with Gasteiger partial charge in [0.05, 0.1) is 17.2 Å². The van der Waals surface area contributed by atoms with Crippen LogP contribution in [0.5, 0.6) is 5.75 Å². The first-order valence-electron chi connectivity index (χ1n) is 15.9. The van der Waals surface area contributed by atoms with Crippen molar-refractivity contribution in [2.45, 2.75) is 62.6 Å². The number of nitrogens with one attached hydrogen (secondary N) is 1. The zero-order valence-electron chi connectivity index (χ0n) is 26.4. The van der Waals surface area contributed by atoms with Crippen LogP contribution in [0.15, 0.2) is 119 Å². The summed E-state index contributed by atoms with van der Waals surface area (Å²) in [6.07, 6.45) is 4.13. The average molecular weight is 719 g/mol. The highest BCUT2D eigenvalue weighted by Gasteiger charge is 2.36. The second-order valence-electron chi connectivity index (χ2n) is 11.6. The van der Waals surface area contributed by atoms with Crippen molar-refractivity contribution < 1.29 is 22.7 Å². The fourth-order valence-electron chi connectivity index (χ4n) is 5.88. The molecule has 1 N–H and O–H groups in total. The van der Waals surface area contributed by atoms with E-state index in [0.717, 1.165) is 45.6 Å². The van der Waals surface area contributed by atoms with Crippen molar-refractivity contribution in [3.05, 3.63) is 125 Å². The fourth-order valence-corrected chi connectivity index (χ4v) is 7.59. The predicted octanol–water partition coefficient (Wildman–Crippen LogP) is 6.74. The summed E-state index contributed by atoms with van der Waals surface area (Å²) in [6, 6.07) is 31.1. The van der Waals surface area contributed by atoms with Crippen LogP contribution in [0.4, 0.5) is 5.69 Å². The van der Waals surface area contributed by atoms with Gasteiger partial charge in [-0.15, -0.1) is 0 Å². The Balaban J connectivity index is 1.58. The van der Waals surface area contributed by atoms with Crippen LogP contribution in [0.3, 0.4) is 0 Å². The molecule has 0 heterocycles. The summed E-state index contributed by atoms with van der Waals surface area (Å²) < 4.78 is 36.4. The molecular weight excluding hydrogens is 678 g/mol. The van der Waals surface area contributed by atoms with E-state index in [1.807, 2.05) is 61.5 Å². The number of hydrogen-bond donors (Lipinski definition) is 1. The molecule has 1 aliphatic carbocycles. The summed E-state index contributed by atoms with van der Waals surface area (Å²) in [6.45, 7) is 1.68. The molecule has 5 rings (SSSR count). The first-order valence-corrected chi connectivity index (χ1v) is 18.2. The standard InChI is InChI=1S/C37H40BrN3O5S/c1-2-46-35-20-12-11-19-33(35)41(47(44,45)32-17-7-4-8-18-32)27-36(42)40(26-29-21-23-30(38)24-22-29)34(25-28-13-5-3-6-14-28)37(43)39-31-15-9-10-16-31/h3-8,11-14,17-24,31,34H,2,9-10,15-16,25-27H2,1H3,(H,39,43)/t34-/m0/s1. The Morgan fingerprint density at radius 2 is 1.47 bits per heavy atom. The van der Waals surface area contributed by atoms with Gasteiger partial charge in [0.25, 0.3) is 10.0 Å². The second kappa shape index (κ2) is 16.1. The van der Waals surface area contributed by atoms with E-state index in [1.54, 1.807) is 42.5 Å². The number of para-hydroxylation sites is 2. The van der Waals surface area contributed by atoms with Crippen molar-refractivity contribution in [1.82, 2.24) is 10.2 Å². The molecule has 0 bridgehead atoms. The fraction of sp³-hybridized carbons (Fsp3) is 0.297. The smallest absolute Gasteiger partial charge is 0.264 e. The molecule has 0 saturated heterocycles. The van der Waals surface area contributed by atoms with Gasteiger partial charge in [-0.1, -0.05) is 102 Å². The van der Waals surface area contributed by atoms with Gasteiger partial charge in [0.2, 0.25) is 11.8 Å². The maximum absolute atomic E-state index is 14.7. The minimum Gasteiger partial charge on any atom is -0.492 e. The van der Waals surface area contributed by atoms with E-state index >= 15 is 0 Å². The third-order valence-corrected chi connectivity index (χ3v) is 10.6. The zero-order chi connectivity index (χ0) is 33.2. The normalized spacial score (nSPS) is 13.9. The number of sulfonamides is 1. The van der Waals surface area contributed by atoms with Gasteiger partial charge in [0.15, 0.2) is 0 Å². The van der Waals surface area contributed by atoms with E-state index in [1.165, 1.54) is 17.0 Å². The molecule has 0 radical (unpaired) electrons. The highest BCUT2D eigenvalue weighted by molar-refractivity contribution is 9.10. The van der Waals surface area contributed by atoms with Gasteiger partial charge in [-0.25, -0.2) is 8.42 Å². The summed E-state index contributed by atoms with van der Waals surface area (Å²) in [5.41, 5.74) is 1.94. The second-order valence-corrected chi connectivity index (χ2v) is 14.3. The van der Waals surface area contributed by atoms with Crippen molar-refractivity contribution in [3.8, 4) is 5.75 Å². The molecule has 8 nitrogen and oxygen atoms in total. The molecule has 0 aliphatic heterocycles. The lowest BCUT2D eigenvalue weighted by Crippen LogP contribution is -2.54. The van der Waals surface area contributed by atoms with Crippen molar-refractivity contribution in [3.63, 3.8) is 0 Å². The SMILES string of the molecule is CCOc1ccccc1N(CC(=O)N(Cc1ccc(Br)cc1)[C@@H](Cc1ccccc1)C(=O)NC1CCCC1)S(=O)(=O)c1ccccc1. The van der Waals surface area contributed by atoms with Gasteiger partial charge in [-0.3, -0.25) is 13.9 Å². The molecule has 10 heteroatoms. The molecule has 47 heavy (non-hydrogen) atoms. The Kier molecular flexibility index (Phi) is 11.7. The number of rotatable bonds is 14.